The number of nitrogens with two attached hydrogens (primary N) is 1. The number of carbonyl (C=O) groups excluding carboxylic acids is 10. The van der Waals surface area contributed by atoms with Gasteiger partial charge in [-0.15, -0.1) is 0 Å². The Balaban J connectivity index is 0.0000177. The van der Waals surface area contributed by atoms with Crippen LogP contribution in [0.5, 0.6) is 29.0 Å². The van der Waals surface area contributed by atoms with Gasteiger partial charge in [-0.1, -0.05) is 97.1 Å². The predicted molar refractivity (Wildman–Crippen MR) is 414 cm³/mol. The van der Waals surface area contributed by atoms with Crippen molar-refractivity contribution in [1.82, 2.24) is 94.2 Å². The second-order valence-corrected chi connectivity index (χ2v) is 26.8. The molecule has 0 radical (unpaired) electrons. The standard InChI is InChI=1S/C78H105N19O15.Tb/c79-63-26-28-92-78(95-63)112-51-53-24-22-52(23-25-53)49-93-65(99)21-4-2-1-3-20-64(98)84-27-6-5-11-54-50-83-32-31-82-35-38-87-72(106)57-14-9-17-60(68(57)102)75(109)89-40-44-96-43-39-88-73(107)58-15-7-12-55(66(58)100)70(104)85-36-33-80-29-30-81-34-37-86-71(105)56-13-8-16-59(67(56)101)74(108)90-41-45-97(48-47-96)46-42-91-76(110)61-18-10-19-62(69(61)103)77(111)94-54;/h7-10,12-19,22-26,28,54,80-83,100-103H,1-6,11,20-21,27,29-51H2,(H,84,98)(H,85,104)(H,86,105)(H,87,106)(H,88,107)(H,89,109)(H,90,108)(H,91,110)(H,93,99)(H,94,111)(H2,79,92,95);/q;+3/p-2. The van der Waals surface area contributed by atoms with Gasteiger partial charge in [-0.25, -0.2) is 4.98 Å². The first-order chi connectivity index (χ1) is 54.3. The second-order valence-electron chi connectivity index (χ2n) is 26.8. The topological polar surface area (TPSA) is 493 Å². The Morgan fingerprint density at radius 3 is 1.25 bits per heavy atom. The molecule has 10 bridgehead atoms. The van der Waals surface area contributed by atoms with Gasteiger partial charge in [0.05, 0.1) is 22.3 Å². The molecule has 3 heterocycles. The van der Waals surface area contributed by atoms with Gasteiger partial charge in [-0.05, 0) is 73.6 Å². The second kappa shape index (κ2) is 49.3. The van der Waals surface area contributed by atoms with Crippen LogP contribution in [0.3, 0.4) is 0 Å². The van der Waals surface area contributed by atoms with Crippen LogP contribution in [0.15, 0.2) is 109 Å². The van der Waals surface area contributed by atoms with Crippen molar-refractivity contribution in [3.63, 3.8) is 0 Å². The molecule has 34 nitrogen and oxygen atoms in total. The van der Waals surface area contributed by atoms with Crippen LogP contribution in [-0.4, -0.2) is 239 Å². The summed E-state index contributed by atoms with van der Waals surface area (Å²) in [6, 6.07) is 25.5. The van der Waals surface area contributed by atoms with E-state index in [1.807, 2.05) is 34.1 Å². The third-order valence-corrected chi connectivity index (χ3v) is 18.5. The summed E-state index contributed by atoms with van der Waals surface area (Å²) in [6.07, 6.45) is 6.70. The van der Waals surface area contributed by atoms with Crippen molar-refractivity contribution in [2.45, 2.75) is 77.0 Å². The van der Waals surface area contributed by atoms with Gasteiger partial charge in [0.1, 0.15) is 23.9 Å². The van der Waals surface area contributed by atoms with Crippen LogP contribution >= 0.6 is 0 Å². The van der Waals surface area contributed by atoms with Crippen LogP contribution in [0.4, 0.5) is 5.82 Å². The summed E-state index contributed by atoms with van der Waals surface area (Å²) in [5.41, 5.74) is 5.85. The number of aromatic nitrogens is 2. The number of amides is 10. The zero-order valence-electron chi connectivity index (χ0n) is 63.2. The van der Waals surface area contributed by atoms with Crippen LogP contribution < -0.4 is 95.1 Å². The number of aromatic hydroxyl groups is 2. The van der Waals surface area contributed by atoms with Crippen molar-refractivity contribution in [3.8, 4) is 29.0 Å². The van der Waals surface area contributed by atoms with Gasteiger partial charge in [0.2, 0.25) is 11.8 Å². The summed E-state index contributed by atoms with van der Waals surface area (Å²) in [6.45, 7) is 5.24. The molecule has 0 saturated carbocycles. The predicted octanol–water partition coefficient (Wildman–Crippen LogP) is -0.563. The summed E-state index contributed by atoms with van der Waals surface area (Å²) < 4.78 is 5.60. The molecule has 0 fully saturated rings. The van der Waals surface area contributed by atoms with E-state index >= 15 is 0 Å². The molecular weight excluding hydrogens is 1600 g/mol. The van der Waals surface area contributed by atoms with Crippen molar-refractivity contribution in [3.05, 3.63) is 165 Å². The van der Waals surface area contributed by atoms with Gasteiger partial charge in [0, 0.05) is 198 Å². The van der Waals surface area contributed by atoms with Gasteiger partial charge in [-0.2, -0.15) is 4.98 Å². The molecule has 10 amide bonds. The average molecular weight is 1710 g/mol. The quantitative estimate of drug-likeness (QED) is 0.0509. The molecule has 5 aromatic carbocycles. The summed E-state index contributed by atoms with van der Waals surface area (Å²) in [7, 11) is 0. The number of hydrogen-bond acceptors (Lipinski definition) is 24. The number of phenolic OH excluding ortho intramolecular Hbond substituents is 2. The minimum atomic E-state index is -0.793. The van der Waals surface area contributed by atoms with E-state index in [-0.39, 0.29) is 199 Å². The molecule has 3 atom stereocenters. The number of fused-ring (bicyclic) bond motifs is 11. The zero-order chi connectivity index (χ0) is 79.8. The van der Waals surface area contributed by atoms with Crippen molar-refractivity contribution in [1.29, 1.82) is 0 Å². The number of nitrogens with zero attached hydrogens (tertiary/aromatic N) is 4. The molecule has 0 saturated heterocycles. The number of ether oxygens (including phenoxy) is 1. The van der Waals surface area contributed by atoms with Crippen LogP contribution in [0.25, 0.3) is 0 Å². The Hall–Kier alpha value is -10.3. The minimum Gasteiger partial charge on any atom is -0.871 e. The van der Waals surface area contributed by atoms with Crippen LogP contribution in [0.2, 0.25) is 0 Å². The maximum atomic E-state index is 14.2. The number of nitrogens with one attached hydrogen (secondary N) is 14. The fourth-order valence-electron chi connectivity index (χ4n) is 12.2. The molecule has 1 aromatic heterocycles. The van der Waals surface area contributed by atoms with E-state index in [1.54, 1.807) is 6.07 Å². The number of anilines is 1. The summed E-state index contributed by atoms with van der Waals surface area (Å²) >= 11 is 0. The fraction of sp³-hybridized carbons (Fsp3) is 0.436. The van der Waals surface area contributed by atoms with E-state index in [0.29, 0.717) is 110 Å². The Bertz CT molecular complexity index is 4140. The first-order valence-corrected chi connectivity index (χ1v) is 38.0. The monoisotopic (exact) mass is 1700 g/mol. The minimum absolute atomic E-state index is 0. The third-order valence-electron chi connectivity index (χ3n) is 18.5. The van der Waals surface area contributed by atoms with E-state index < -0.39 is 76.3 Å². The SMILES string of the molecule is Nc1ccnc(OCc2ccc(CNC(=O)CCCCCCC(=O)NCCCCC3CNCCNCCNC(=O)c4cccc(c4[O-])C(=O)NCCN4CCNC(=O)c5cccc(c5O)C(=O)NCCNCCNCCNC(=O)c5cccc(c5[O-])C(=O)NCCN(CCNC(=O)c5cccc(c5O)C(=O)N3)CC4)cc2)n1.[Tb+3]. The van der Waals surface area contributed by atoms with Gasteiger partial charge < -0.3 is 105 Å². The first kappa shape index (κ1) is 89.9. The number of carbonyl (C=O) groups is 10. The van der Waals surface area contributed by atoms with E-state index in [9.17, 15) is 68.4 Å². The van der Waals surface area contributed by atoms with Crippen LogP contribution in [0, 0.1) is 38.6 Å². The number of hydrogen-bond donors (Lipinski definition) is 17. The summed E-state index contributed by atoms with van der Waals surface area (Å²) in [4.78, 5) is 147. The Morgan fingerprint density at radius 2 is 0.814 bits per heavy atom. The molecule has 3 unspecified atom stereocenters. The van der Waals surface area contributed by atoms with E-state index in [1.165, 1.54) is 79.0 Å². The molecule has 2 aliphatic heterocycles. The molecule has 35 heteroatoms. The maximum absolute atomic E-state index is 14.2. The van der Waals surface area contributed by atoms with E-state index in [0.717, 1.165) is 24.0 Å². The van der Waals surface area contributed by atoms with Gasteiger partial charge in [0.25, 0.3) is 47.3 Å². The number of rotatable bonds is 17. The average Bonchev–Trinajstić information content (AvgIpc) is 0.836. The number of para-hydroxylation sites is 4. The number of unbranched alkanes of at least 4 members (excludes halogenated alkanes) is 4. The van der Waals surface area contributed by atoms with Gasteiger partial charge in [-0.3, -0.25) is 57.7 Å². The molecule has 2 aliphatic rings. The van der Waals surface area contributed by atoms with Crippen molar-refractivity contribution in [2.24, 2.45) is 0 Å². The van der Waals surface area contributed by atoms with E-state index in [2.05, 4.69) is 84.4 Å². The van der Waals surface area contributed by atoms with Crippen molar-refractivity contribution >= 4 is 64.9 Å². The molecule has 113 heavy (non-hydrogen) atoms. The molecular formula is C78H103N19O15Tb+. The maximum Gasteiger partial charge on any atom is 3.00 e. The third kappa shape index (κ3) is 30.6. The normalized spacial score (nSPS) is 17.9. The summed E-state index contributed by atoms with van der Waals surface area (Å²) in [5.74, 6) is -8.09. The molecule has 6 aromatic rings. The van der Waals surface area contributed by atoms with Crippen molar-refractivity contribution in [2.75, 3.05) is 150 Å². The smallest absolute Gasteiger partial charge is 0.871 e. The molecule has 8 rings (SSSR count). The number of nitrogen functional groups attached to an aromatic ring is 1. The van der Waals surface area contributed by atoms with Crippen LogP contribution in [0.1, 0.15) is 152 Å². The van der Waals surface area contributed by atoms with E-state index in [4.69, 9.17) is 10.5 Å². The number of benzene rings is 5. The van der Waals surface area contributed by atoms with Crippen molar-refractivity contribution < 1.29 is 112 Å². The summed E-state index contributed by atoms with van der Waals surface area (Å²) in [5, 5.41) is 91.3. The Kier molecular flexibility index (Phi) is 39.2. The first-order valence-electron chi connectivity index (χ1n) is 38.0. The number of phenols is 2. The molecule has 18 N–H and O–H groups in total. The molecule has 0 aliphatic carbocycles. The van der Waals surface area contributed by atoms with Crippen LogP contribution in [-0.2, 0) is 22.7 Å². The Morgan fingerprint density at radius 1 is 0.442 bits per heavy atom. The van der Waals surface area contributed by atoms with Gasteiger partial charge in [0.15, 0.2) is 0 Å². The molecule has 608 valence electrons. The largest absolute Gasteiger partial charge is 3.00 e. The zero-order valence-corrected chi connectivity index (χ0v) is 65.3. The fourth-order valence-corrected chi connectivity index (χ4v) is 12.2. The Labute approximate surface area is 687 Å². The van der Waals surface area contributed by atoms with Gasteiger partial charge >= 0.3 is 44.6 Å². The molecule has 0 spiro atoms.